The predicted octanol–water partition coefficient (Wildman–Crippen LogP) is 4.78. The lowest BCUT2D eigenvalue weighted by molar-refractivity contribution is -0.243. The molecule has 1 aliphatic rings. The first-order chi connectivity index (χ1) is 18.0. The van der Waals surface area contributed by atoms with Gasteiger partial charge in [0.05, 0.1) is 20.3 Å². The van der Waals surface area contributed by atoms with E-state index in [1.54, 1.807) is 0 Å². The lowest BCUT2D eigenvalue weighted by Gasteiger charge is -2.44. The molecule has 0 aromatic heterocycles. The van der Waals surface area contributed by atoms with Gasteiger partial charge in [0.2, 0.25) is 0 Å². The van der Waals surface area contributed by atoms with E-state index in [2.05, 4.69) is 0 Å². The molecule has 0 radical (unpaired) electrons. The zero-order valence-corrected chi connectivity index (χ0v) is 21.5. The van der Waals surface area contributed by atoms with E-state index in [0.717, 1.165) is 16.0 Å². The average Bonchev–Trinajstić information content (AvgIpc) is 2.93. The molecule has 1 aliphatic heterocycles. The number of benzene rings is 3. The predicted molar refractivity (Wildman–Crippen MR) is 139 cm³/mol. The fraction of sp³-hybridized carbons (Fsp3) is 0.310. The number of thioether (sulfide) groups is 1. The van der Waals surface area contributed by atoms with Crippen LogP contribution in [0.2, 0.25) is 0 Å². The Kier molecular flexibility index (Phi) is 9.73. The molecule has 1 saturated heterocycles. The molecule has 0 bridgehead atoms. The highest BCUT2D eigenvalue weighted by atomic mass is 32.2. The minimum Gasteiger partial charge on any atom is -0.467 e. The second kappa shape index (κ2) is 13.4. The standard InChI is InChI=1S/C29H30O7S/c1-20(30)35-25-24(33-18-21-12-6-3-7-13-21)27(34-19-22-14-8-4-9-15-22)29(36-26(25)28(31)32-2)37-23-16-10-5-11-17-23/h3-17,24-27,29H,18-19H2,1-2H3/t24-,25-,26-,27+,29-/m0/s1. The molecule has 0 saturated carbocycles. The summed E-state index contributed by atoms with van der Waals surface area (Å²) in [6.45, 7) is 1.79. The molecular weight excluding hydrogens is 492 g/mol. The van der Waals surface area contributed by atoms with E-state index in [1.807, 2.05) is 91.0 Å². The van der Waals surface area contributed by atoms with Crippen molar-refractivity contribution in [2.45, 2.75) is 54.9 Å². The van der Waals surface area contributed by atoms with Gasteiger partial charge in [-0.2, -0.15) is 0 Å². The molecule has 8 heteroatoms. The number of rotatable bonds is 10. The maximum Gasteiger partial charge on any atom is 0.339 e. The first-order valence-electron chi connectivity index (χ1n) is 12.0. The van der Waals surface area contributed by atoms with Crippen LogP contribution in [-0.2, 0) is 46.5 Å². The third-order valence-corrected chi connectivity index (χ3v) is 6.95. The molecule has 7 nitrogen and oxygen atoms in total. The van der Waals surface area contributed by atoms with Crippen LogP contribution in [0.5, 0.6) is 0 Å². The van der Waals surface area contributed by atoms with E-state index >= 15 is 0 Å². The van der Waals surface area contributed by atoms with Gasteiger partial charge < -0.3 is 23.7 Å². The Morgan fingerprint density at radius 3 is 1.78 bits per heavy atom. The maximum atomic E-state index is 12.8. The maximum absolute atomic E-state index is 12.8. The fourth-order valence-electron chi connectivity index (χ4n) is 4.06. The Bertz CT molecular complexity index is 1130. The van der Waals surface area contributed by atoms with Gasteiger partial charge in [-0.3, -0.25) is 4.79 Å². The fourth-order valence-corrected chi connectivity index (χ4v) is 5.19. The first kappa shape index (κ1) is 26.9. The molecular formula is C29H30O7S. The molecule has 0 unspecified atom stereocenters. The van der Waals surface area contributed by atoms with E-state index in [4.69, 9.17) is 23.7 Å². The van der Waals surface area contributed by atoms with Crippen LogP contribution in [-0.4, -0.2) is 48.9 Å². The third kappa shape index (κ3) is 7.42. The van der Waals surface area contributed by atoms with Crippen molar-refractivity contribution < 1.29 is 33.3 Å². The van der Waals surface area contributed by atoms with E-state index in [9.17, 15) is 9.59 Å². The van der Waals surface area contributed by atoms with Crippen LogP contribution >= 0.6 is 11.8 Å². The van der Waals surface area contributed by atoms with Gasteiger partial charge in [-0.25, -0.2) is 4.79 Å². The number of methoxy groups -OCH3 is 1. The Labute approximate surface area is 221 Å². The topological polar surface area (TPSA) is 80.3 Å². The normalized spacial score (nSPS) is 23.2. The number of hydrogen-bond donors (Lipinski definition) is 0. The lowest BCUT2D eigenvalue weighted by atomic mass is 9.98. The van der Waals surface area contributed by atoms with Crippen LogP contribution in [0.3, 0.4) is 0 Å². The lowest BCUT2D eigenvalue weighted by Crippen LogP contribution is -2.61. The zero-order valence-electron chi connectivity index (χ0n) is 20.7. The van der Waals surface area contributed by atoms with Crippen LogP contribution < -0.4 is 0 Å². The summed E-state index contributed by atoms with van der Waals surface area (Å²) in [7, 11) is 1.27. The van der Waals surface area contributed by atoms with E-state index < -0.39 is 41.8 Å². The minimum atomic E-state index is -1.19. The van der Waals surface area contributed by atoms with Crippen molar-refractivity contribution in [2.75, 3.05) is 7.11 Å². The number of esters is 2. The molecule has 5 atom stereocenters. The summed E-state index contributed by atoms with van der Waals surface area (Å²) < 4.78 is 29.7. The van der Waals surface area contributed by atoms with Gasteiger partial charge in [0, 0.05) is 11.8 Å². The van der Waals surface area contributed by atoms with Crippen molar-refractivity contribution in [3.05, 3.63) is 102 Å². The highest BCUT2D eigenvalue weighted by molar-refractivity contribution is 7.99. The molecule has 194 valence electrons. The van der Waals surface area contributed by atoms with Crippen LogP contribution in [0.15, 0.2) is 95.9 Å². The highest BCUT2D eigenvalue weighted by Gasteiger charge is 2.52. The van der Waals surface area contributed by atoms with Crippen LogP contribution in [0.1, 0.15) is 18.1 Å². The van der Waals surface area contributed by atoms with Crippen molar-refractivity contribution >= 4 is 23.7 Å². The van der Waals surface area contributed by atoms with Crippen molar-refractivity contribution in [1.29, 1.82) is 0 Å². The third-order valence-electron chi connectivity index (χ3n) is 5.80. The second-order valence-electron chi connectivity index (χ2n) is 8.48. The molecule has 37 heavy (non-hydrogen) atoms. The van der Waals surface area contributed by atoms with Crippen LogP contribution in [0.25, 0.3) is 0 Å². The van der Waals surface area contributed by atoms with Crippen molar-refractivity contribution in [3.8, 4) is 0 Å². The smallest absolute Gasteiger partial charge is 0.339 e. The molecule has 1 fully saturated rings. The summed E-state index contributed by atoms with van der Waals surface area (Å²) in [5, 5.41) is 0. The van der Waals surface area contributed by atoms with Crippen LogP contribution in [0.4, 0.5) is 0 Å². The van der Waals surface area contributed by atoms with Crippen molar-refractivity contribution in [1.82, 2.24) is 0 Å². The number of hydrogen-bond acceptors (Lipinski definition) is 8. The summed E-state index contributed by atoms with van der Waals surface area (Å²) in [6.07, 6.45) is -3.75. The summed E-state index contributed by atoms with van der Waals surface area (Å²) in [6, 6.07) is 29.0. The zero-order chi connectivity index (χ0) is 26.0. The van der Waals surface area contributed by atoms with E-state index in [1.165, 1.54) is 25.8 Å². The number of ether oxygens (including phenoxy) is 5. The quantitative estimate of drug-likeness (QED) is 0.352. The molecule has 0 amide bonds. The Morgan fingerprint density at radius 2 is 1.27 bits per heavy atom. The largest absolute Gasteiger partial charge is 0.467 e. The first-order valence-corrected chi connectivity index (χ1v) is 12.9. The van der Waals surface area contributed by atoms with Gasteiger partial charge >= 0.3 is 11.9 Å². The summed E-state index contributed by atoms with van der Waals surface area (Å²) in [5.41, 5.74) is 1.24. The van der Waals surface area contributed by atoms with E-state index in [-0.39, 0.29) is 13.2 Å². The highest BCUT2D eigenvalue weighted by Crippen LogP contribution is 2.38. The van der Waals surface area contributed by atoms with Crippen molar-refractivity contribution in [3.63, 3.8) is 0 Å². The Hall–Kier alpha value is -3.17. The van der Waals surface area contributed by atoms with E-state index in [0.29, 0.717) is 0 Å². The summed E-state index contributed by atoms with van der Waals surface area (Å²) in [4.78, 5) is 25.9. The minimum absolute atomic E-state index is 0.227. The van der Waals surface area contributed by atoms with Gasteiger partial charge in [-0.15, -0.1) is 0 Å². The molecule has 3 aromatic carbocycles. The van der Waals surface area contributed by atoms with Gasteiger partial charge in [-0.05, 0) is 23.3 Å². The van der Waals surface area contributed by atoms with Gasteiger partial charge in [-0.1, -0.05) is 90.6 Å². The summed E-state index contributed by atoms with van der Waals surface area (Å²) >= 11 is 1.41. The molecule has 3 aromatic rings. The monoisotopic (exact) mass is 522 g/mol. The number of carbonyl (C=O) groups excluding carboxylic acids is 2. The molecule has 1 heterocycles. The van der Waals surface area contributed by atoms with Gasteiger partial charge in [0.15, 0.2) is 12.2 Å². The van der Waals surface area contributed by atoms with Gasteiger partial charge in [0.1, 0.15) is 17.6 Å². The average molecular weight is 523 g/mol. The van der Waals surface area contributed by atoms with Crippen molar-refractivity contribution in [2.24, 2.45) is 0 Å². The van der Waals surface area contributed by atoms with Gasteiger partial charge in [0.25, 0.3) is 0 Å². The molecule has 0 spiro atoms. The number of carbonyl (C=O) groups is 2. The van der Waals surface area contributed by atoms with Crippen LogP contribution in [0, 0.1) is 0 Å². The second-order valence-corrected chi connectivity index (χ2v) is 9.65. The Morgan fingerprint density at radius 1 is 0.757 bits per heavy atom. The molecule has 0 N–H and O–H groups in total. The summed E-state index contributed by atoms with van der Waals surface area (Å²) in [5.74, 6) is -1.22. The SMILES string of the molecule is COC(=O)[C@H]1O[C@@H](Sc2ccccc2)[C@H](OCc2ccccc2)[C@@H](OCc2ccccc2)[C@@H]1OC(C)=O. The molecule has 4 rings (SSSR count). The molecule has 0 aliphatic carbocycles. The Balaban J connectivity index is 1.69.